The molecule has 6 heteroatoms. The maximum atomic E-state index is 12.4. The van der Waals surface area contributed by atoms with Gasteiger partial charge in [-0.15, -0.1) is 0 Å². The van der Waals surface area contributed by atoms with E-state index in [9.17, 15) is 8.42 Å². The smallest absolute Gasteiger partial charge is 0.218 e. The molecule has 1 saturated heterocycles. The van der Waals surface area contributed by atoms with E-state index in [4.69, 9.17) is 9.84 Å². The van der Waals surface area contributed by atoms with E-state index in [0.717, 1.165) is 17.5 Å². The van der Waals surface area contributed by atoms with Crippen molar-refractivity contribution < 1.29 is 18.3 Å². The average Bonchev–Trinajstić information content (AvgIpc) is 2.84. The van der Waals surface area contributed by atoms with E-state index in [0.29, 0.717) is 6.61 Å². The first-order valence-electron chi connectivity index (χ1n) is 6.70. The van der Waals surface area contributed by atoms with E-state index >= 15 is 0 Å². The van der Waals surface area contributed by atoms with Crippen molar-refractivity contribution in [1.82, 2.24) is 4.31 Å². The van der Waals surface area contributed by atoms with Crippen LogP contribution in [0.25, 0.3) is 0 Å². The predicted octanol–water partition coefficient (Wildman–Crippen LogP) is 1.12. The van der Waals surface area contributed by atoms with E-state index in [1.54, 1.807) is 31.3 Å². The minimum Gasteiger partial charge on any atom is -0.392 e. The predicted molar refractivity (Wildman–Crippen MR) is 76.6 cm³/mol. The van der Waals surface area contributed by atoms with Crippen molar-refractivity contribution in [1.29, 1.82) is 0 Å². The molecule has 0 bridgehead atoms. The van der Waals surface area contributed by atoms with E-state index < -0.39 is 10.0 Å². The summed E-state index contributed by atoms with van der Waals surface area (Å²) >= 11 is 0. The molecule has 1 heterocycles. The van der Waals surface area contributed by atoms with Gasteiger partial charge in [-0.2, -0.15) is 4.31 Å². The molecule has 0 aliphatic carbocycles. The summed E-state index contributed by atoms with van der Waals surface area (Å²) in [6.07, 6.45) is 0.673. The summed E-state index contributed by atoms with van der Waals surface area (Å²) in [5, 5.41) is 8.98. The van der Waals surface area contributed by atoms with Gasteiger partial charge in [0.25, 0.3) is 0 Å². The third kappa shape index (κ3) is 3.38. The second-order valence-electron chi connectivity index (χ2n) is 5.18. The highest BCUT2D eigenvalue weighted by Gasteiger charge is 2.34. The normalized spacial score (nSPS) is 23.4. The number of likely N-dealkylation sites (N-methyl/N-ethyl adjacent to an activating group) is 1. The summed E-state index contributed by atoms with van der Waals surface area (Å²) in [5.41, 5.74) is 1.50. The zero-order valence-electron chi connectivity index (χ0n) is 11.8. The molecular weight excluding hydrogens is 278 g/mol. The molecule has 2 atom stereocenters. The number of benzene rings is 1. The molecule has 1 fully saturated rings. The summed E-state index contributed by atoms with van der Waals surface area (Å²) in [4.78, 5) is 0. The summed E-state index contributed by atoms with van der Waals surface area (Å²) in [6.45, 7) is 2.47. The number of sulfonamides is 1. The number of nitrogens with zero attached hydrogens (tertiary/aromatic N) is 1. The van der Waals surface area contributed by atoms with E-state index in [-0.39, 0.29) is 24.5 Å². The molecule has 1 aromatic rings. The standard InChI is InChI=1S/C14H21NO4S/c1-11-14(7-8-19-11)15(2)20(17,18)10-13-5-3-12(9-16)4-6-13/h3-6,11,14,16H,7-10H2,1-2H3. The molecule has 0 amide bonds. The zero-order chi connectivity index (χ0) is 14.8. The fourth-order valence-corrected chi connectivity index (χ4v) is 3.96. The molecule has 1 aliphatic rings. The highest BCUT2D eigenvalue weighted by Crippen LogP contribution is 2.22. The summed E-state index contributed by atoms with van der Waals surface area (Å²) in [7, 11) is -1.74. The van der Waals surface area contributed by atoms with Gasteiger partial charge in [0.1, 0.15) is 0 Å². The van der Waals surface area contributed by atoms with Crippen LogP contribution in [0, 0.1) is 0 Å². The van der Waals surface area contributed by atoms with Crippen LogP contribution in [0.2, 0.25) is 0 Å². The minimum absolute atomic E-state index is 0.0293. The largest absolute Gasteiger partial charge is 0.392 e. The minimum atomic E-state index is -3.36. The van der Waals surface area contributed by atoms with Crippen LogP contribution in [0.1, 0.15) is 24.5 Å². The number of aliphatic hydroxyl groups is 1. The van der Waals surface area contributed by atoms with Gasteiger partial charge in [0.05, 0.1) is 24.5 Å². The molecule has 1 N–H and O–H groups in total. The Morgan fingerprint density at radius 3 is 2.40 bits per heavy atom. The van der Waals surface area contributed by atoms with Crippen LogP contribution in [-0.2, 0) is 27.1 Å². The van der Waals surface area contributed by atoms with Gasteiger partial charge in [0, 0.05) is 13.7 Å². The number of hydrogen-bond donors (Lipinski definition) is 1. The fraction of sp³-hybridized carbons (Fsp3) is 0.571. The first kappa shape index (κ1) is 15.4. The zero-order valence-corrected chi connectivity index (χ0v) is 12.6. The Hall–Kier alpha value is -0.950. The van der Waals surface area contributed by atoms with Crippen molar-refractivity contribution in [3.63, 3.8) is 0 Å². The first-order valence-corrected chi connectivity index (χ1v) is 8.31. The number of ether oxygens (including phenoxy) is 1. The summed E-state index contributed by atoms with van der Waals surface area (Å²) in [5.74, 6) is -0.0293. The SMILES string of the molecule is CC1OCCC1N(C)S(=O)(=O)Cc1ccc(CO)cc1. The van der Waals surface area contributed by atoms with Crippen molar-refractivity contribution in [3.8, 4) is 0 Å². The molecule has 5 nitrogen and oxygen atoms in total. The Balaban J connectivity index is 2.09. The monoisotopic (exact) mass is 299 g/mol. The number of hydrogen-bond acceptors (Lipinski definition) is 4. The second-order valence-corrected chi connectivity index (χ2v) is 7.21. The molecule has 2 unspecified atom stereocenters. The van der Waals surface area contributed by atoms with Crippen LogP contribution >= 0.6 is 0 Å². The van der Waals surface area contributed by atoms with Crippen molar-refractivity contribution in [3.05, 3.63) is 35.4 Å². The maximum absolute atomic E-state index is 12.4. The number of aliphatic hydroxyl groups excluding tert-OH is 1. The molecule has 1 aromatic carbocycles. The lowest BCUT2D eigenvalue weighted by molar-refractivity contribution is 0.102. The maximum Gasteiger partial charge on any atom is 0.218 e. The molecular formula is C14H21NO4S. The molecule has 0 radical (unpaired) electrons. The lowest BCUT2D eigenvalue weighted by Gasteiger charge is -2.26. The highest BCUT2D eigenvalue weighted by molar-refractivity contribution is 7.88. The molecule has 20 heavy (non-hydrogen) atoms. The van der Waals surface area contributed by atoms with Crippen molar-refractivity contribution in [2.45, 2.75) is 37.9 Å². The lowest BCUT2D eigenvalue weighted by Crippen LogP contribution is -2.41. The number of rotatable bonds is 5. The van der Waals surface area contributed by atoms with Crippen LogP contribution in [0.4, 0.5) is 0 Å². The third-order valence-corrected chi connectivity index (χ3v) is 5.64. The Morgan fingerprint density at radius 2 is 1.90 bits per heavy atom. The van der Waals surface area contributed by atoms with Crippen molar-refractivity contribution in [2.75, 3.05) is 13.7 Å². The van der Waals surface area contributed by atoms with Gasteiger partial charge in [0.15, 0.2) is 0 Å². The van der Waals surface area contributed by atoms with E-state index in [1.807, 2.05) is 6.92 Å². The van der Waals surface area contributed by atoms with Gasteiger partial charge in [-0.3, -0.25) is 0 Å². The molecule has 1 aliphatic heterocycles. The molecule has 2 rings (SSSR count). The Kier molecular flexibility index (Phi) is 4.80. The molecule has 0 aromatic heterocycles. The molecule has 0 spiro atoms. The Morgan fingerprint density at radius 1 is 1.30 bits per heavy atom. The van der Waals surface area contributed by atoms with Gasteiger partial charge in [-0.05, 0) is 24.5 Å². The van der Waals surface area contributed by atoms with Crippen LogP contribution in [0.15, 0.2) is 24.3 Å². The quantitative estimate of drug-likeness (QED) is 0.884. The summed E-state index contributed by atoms with van der Waals surface area (Å²) in [6, 6.07) is 6.88. The van der Waals surface area contributed by atoms with Gasteiger partial charge in [0.2, 0.25) is 10.0 Å². The van der Waals surface area contributed by atoms with Crippen LogP contribution < -0.4 is 0 Å². The van der Waals surface area contributed by atoms with E-state index in [2.05, 4.69) is 0 Å². The lowest BCUT2D eigenvalue weighted by atomic mass is 10.2. The van der Waals surface area contributed by atoms with Gasteiger partial charge < -0.3 is 9.84 Å². The van der Waals surface area contributed by atoms with Crippen LogP contribution in [-0.4, -0.2) is 43.6 Å². The first-order chi connectivity index (χ1) is 9.44. The topological polar surface area (TPSA) is 66.8 Å². The fourth-order valence-electron chi connectivity index (χ4n) is 2.46. The Labute approximate surface area is 120 Å². The second kappa shape index (κ2) is 6.22. The molecule has 0 saturated carbocycles. The van der Waals surface area contributed by atoms with Crippen molar-refractivity contribution >= 4 is 10.0 Å². The average molecular weight is 299 g/mol. The van der Waals surface area contributed by atoms with Gasteiger partial charge >= 0.3 is 0 Å². The Bertz CT molecular complexity index is 541. The van der Waals surface area contributed by atoms with Crippen molar-refractivity contribution in [2.24, 2.45) is 0 Å². The van der Waals surface area contributed by atoms with Gasteiger partial charge in [-0.25, -0.2) is 8.42 Å². The van der Waals surface area contributed by atoms with Crippen LogP contribution in [0.5, 0.6) is 0 Å². The highest BCUT2D eigenvalue weighted by atomic mass is 32.2. The molecule has 112 valence electrons. The van der Waals surface area contributed by atoms with Crippen LogP contribution in [0.3, 0.4) is 0 Å². The summed E-state index contributed by atoms with van der Waals surface area (Å²) < 4.78 is 31.7. The van der Waals surface area contributed by atoms with E-state index in [1.165, 1.54) is 4.31 Å². The third-order valence-electron chi connectivity index (χ3n) is 3.80. The van der Waals surface area contributed by atoms with Gasteiger partial charge in [-0.1, -0.05) is 24.3 Å².